The summed E-state index contributed by atoms with van der Waals surface area (Å²) >= 11 is 0. The molecule has 3 atom stereocenters. The first-order valence-corrected chi connectivity index (χ1v) is 10.2. The number of amides is 2. The molecule has 5 aliphatic rings. The lowest BCUT2D eigenvalue weighted by Crippen LogP contribution is -3.25. The smallest absolute Gasteiger partial charge is 0.326 e. The van der Waals surface area contributed by atoms with Crippen LogP contribution < -0.4 is 15.6 Å². The highest BCUT2D eigenvalue weighted by atomic mass is 16.2. The van der Waals surface area contributed by atoms with E-state index in [-0.39, 0.29) is 17.7 Å². The van der Waals surface area contributed by atoms with Gasteiger partial charge in [-0.3, -0.25) is 14.6 Å². The van der Waals surface area contributed by atoms with Crippen LogP contribution in [0.4, 0.5) is 11.4 Å². The Balaban J connectivity index is 1.25. The van der Waals surface area contributed by atoms with Crippen LogP contribution in [-0.4, -0.2) is 53.6 Å². The minimum atomic E-state index is 0.0879. The summed E-state index contributed by atoms with van der Waals surface area (Å²) < 4.78 is 0. The van der Waals surface area contributed by atoms with Crippen molar-refractivity contribution in [3.8, 4) is 0 Å². The Morgan fingerprint density at radius 1 is 1.22 bits per heavy atom. The van der Waals surface area contributed by atoms with Crippen molar-refractivity contribution >= 4 is 28.9 Å². The molecule has 6 rings (SSSR count). The fourth-order valence-corrected chi connectivity index (χ4v) is 5.47. The van der Waals surface area contributed by atoms with Gasteiger partial charge in [0.15, 0.2) is 5.69 Å². The van der Waals surface area contributed by atoms with Gasteiger partial charge >= 0.3 is 5.91 Å². The molecule has 3 unspecified atom stereocenters. The molecule has 2 amide bonds. The van der Waals surface area contributed by atoms with Crippen molar-refractivity contribution in [3.63, 3.8) is 0 Å². The summed E-state index contributed by atoms with van der Waals surface area (Å²) in [6.45, 7) is 3.08. The van der Waals surface area contributed by atoms with Gasteiger partial charge in [0, 0.05) is 37.2 Å². The molecule has 1 aromatic rings. The third kappa shape index (κ3) is 2.22. The number of nitrogens with two attached hydrogens (primary N) is 1. The second kappa shape index (κ2) is 5.47. The fraction of sp³-hybridized carbons (Fsp3) is 0.550. The fourth-order valence-electron chi connectivity index (χ4n) is 5.47. The molecule has 7 nitrogen and oxygen atoms in total. The van der Waals surface area contributed by atoms with Crippen LogP contribution in [0.15, 0.2) is 23.3 Å². The second-order valence-electron chi connectivity index (χ2n) is 8.71. The lowest BCUT2D eigenvalue weighted by Gasteiger charge is -2.65. The molecule has 7 heteroatoms. The van der Waals surface area contributed by atoms with Crippen LogP contribution >= 0.6 is 0 Å². The topological polar surface area (TPSA) is 82.8 Å². The van der Waals surface area contributed by atoms with Gasteiger partial charge in [-0.1, -0.05) is 5.10 Å². The quantitative estimate of drug-likeness (QED) is 0.472. The molecule has 2 saturated carbocycles. The third-order valence-corrected chi connectivity index (χ3v) is 7.39. The molecular weight excluding hydrogens is 342 g/mol. The second-order valence-corrected chi connectivity index (χ2v) is 8.71. The summed E-state index contributed by atoms with van der Waals surface area (Å²) in [6, 6.07) is 6.20. The normalized spacial score (nSPS) is 33.7. The van der Waals surface area contributed by atoms with Crippen molar-refractivity contribution in [1.29, 1.82) is 0 Å². The van der Waals surface area contributed by atoms with Crippen molar-refractivity contribution in [2.24, 2.45) is 11.0 Å². The van der Waals surface area contributed by atoms with Gasteiger partial charge in [0.2, 0.25) is 11.6 Å². The monoisotopic (exact) mass is 367 g/mol. The number of nitrogens with zero attached hydrogens (tertiary/aromatic N) is 2. The van der Waals surface area contributed by atoms with Gasteiger partial charge in [0.1, 0.15) is 6.04 Å². The number of piperazine rings is 1. The highest BCUT2D eigenvalue weighted by Gasteiger charge is 2.64. The van der Waals surface area contributed by atoms with Crippen LogP contribution in [0.3, 0.4) is 0 Å². The highest BCUT2D eigenvalue weighted by molar-refractivity contribution is 6.43. The maximum Gasteiger partial charge on any atom is 0.369 e. The number of rotatable bonds is 3. The van der Waals surface area contributed by atoms with Crippen LogP contribution in [0.1, 0.15) is 37.7 Å². The Hall–Kier alpha value is -2.09. The molecule has 140 valence electrons. The average molecular weight is 367 g/mol. The zero-order valence-electron chi connectivity index (χ0n) is 15.3. The van der Waals surface area contributed by atoms with E-state index in [2.05, 4.69) is 15.3 Å². The van der Waals surface area contributed by atoms with Crippen LogP contribution in [0, 0.1) is 5.92 Å². The molecule has 1 spiro atoms. The minimum Gasteiger partial charge on any atom is -0.326 e. The van der Waals surface area contributed by atoms with E-state index in [4.69, 9.17) is 0 Å². The molecule has 0 bridgehead atoms. The first kappa shape index (κ1) is 15.9. The van der Waals surface area contributed by atoms with E-state index in [1.807, 2.05) is 18.2 Å². The van der Waals surface area contributed by atoms with Crippen molar-refractivity contribution < 1.29 is 19.9 Å². The lowest BCUT2D eigenvalue weighted by atomic mass is 9.61. The number of hydrogen-bond acceptors (Lipinski definition) is 4. The average Bonchev–Trinajstić information content (AvgIpc) is 3.38. The zero-order chi connectivity index (χ0) is 18.2. The number of quaternary nitrogens is 2. The third-order valence-electron chi connectivity index (χ3n) is 7.39. The van der Waals surface area contributed by atoms with Crippen molar-refractivity contribution in [1.82, 2.24) is 4.90 Å². The molecule has 3 heterocycles. The number of benzene rings is 1. The van der Waals surface area contributed by atoms with Crippen LogP contribution in [0.5, 0.6) is 0 Å². The van der Waals surface area contributed by atoms with E-state index in [1.54, 1.807) is 5.43 Å². The maximum absolute atomic E-state index is 13.4. The van der Waals surface area contributed by atoms with Crippen LogP contribution in [0.25, 0.3) is 0 Å². The van der Waals surface area contributed by atoms with Gasteiger partial charge in [-0.05, 0) is 37.8 Å². The molecule has 27 heavy (non-hydrogen) atoms. The van der Waals surface area contributed by atoms with Crippen LogP contribution in [-0.2, 0) is 9.59 Å². The summed E-state index contributed by atoms with van der Waals surface area (Å²) in [5.41, 5.74) is 5.25. The standard InChI is InChI=1S/C20H23N5O2/c26-18(12-1-2-12)21-13-3-4-15-14(11-13)17(23-22-15)19(27)25-10-9-24-8-7-20(24)6-5-16(20)25/h3-4,11-12,16H,1-2,5-10H2,(H,21,26)(H,22,23)/p+2. The van der Waals surface area contributed by atoms with Crippen LogP contribution in [0.2, 0.25) is 0 Å². The van der Waals surface area contributed by atoms with Crippen molar-refractivity contribution in [2.75, 3.05) is 25.0 Å². The molecule has 3 aliphatic heterocycles. The van der Waals surface area contributed by atoms with Gasteiger partial charge in [-0.2, -0.15) is 5.43 Å². The molecule has 4 N–H and O–H groups in total. The van der Waals surface area contributed by atoms with E-state index in [9.17, 15) is 9.59 Å². The number of fused-ring (bicyclic) bond motifs is 1. The number of carbonyl (C=O) groups excluding carboxylic acids is 2. The zero-order valence-corrected chi connectivity index (χ0v) is 15.3. The molecular formula is C20H25N5O2+2. The molecule has 4 fully saturated rings. The summed E-state index contributed by atoms with van der Waals surface area (Å²) in [5, 5.41) is 7.47. The van der Waals surface area contributed by atoms with Crippen molar-refractivity contribution in [3.05, 3.63) is 23.8 Å². The predicted molar refractivity (Wildman–Crippen MR) is 98.7 cm³/mol. The first-order valence-electron chi connectivity index (χ1n) is 10.2. The van der Waals surface area contributed by atoms with E-state index >= 15 is 0 Å². The maximum atomic E-state index is 13.4. The van der Waals surface area contributed by atoms with E-state index in [0.717, 1.165) is 54.2 Å². The van der Waals surface area contributed by atoms with Gasteiger partial charge in [-0.25, -0.2) is 4.79 Å². The molecule has 0 radical (unpaired) electrons. The highest BCUT2D eigenvalue weighted by Crippen LogP contribution is 2.47. The molecule has 0 aromatic heterocycles. The number of nitrogens with one attached hydrogen (secondary N) is 2. The Morgan fingerprint density at radius 2 is 2.11 bits per heavy atom. The van der Waals surface area contributed by atoms with E-state index in [1.165, 1.54) is 19.4 Å². The lowest BCUT2D eigenvalue weighted by molar-refractivity contribution is -0.871. The summed E-state index contributed by atoms with van der Waals surface area (Å²) in [5.74, 6) is 0.383. The van der Waals surface area contributed by atoms with Crippen molar-refractivity contribution in [2.45, 2.75) is 43.7 Å². The Labute approximate surface area is 157 Å². The Morgan fingerprint density at radius 3 is 2.81 bits per heavy atom. The SMILES string of the molecule is O=C(Nc1ccc2c(c1)C(C(=O)[NH+]1CCN3CCC34CCC14)=N[NH2+]2)C1CC1. The summed E-state index contributed by atoms with van der Waals surface area (Å²) in [6.07, 6.45) is 5.57. The first-order chi connectivity index (χ1) is 13.2. The molecule has 2 saturated heterocycles. The molecule has 1 aromatic carbocycles. The Kier molecular flexibility index (Phi) is 3.22. The minimum absolute atomic E-state index is 0.0879. The van der Waals surface area contributed by atoms with Gasteiger partial charge < -0.3 is 5.32 Å². The van der Waals surface area contributed by atoms with E-state index in [0.29, 0.717) is 17.3 Å². The number of anilines is 1. The van der Waals surface area contributed by atoms with Gasteiger partial charge in [-0.15, -0.1) is 0 Å². The summed E-state index contributed by atoms with van der Waals surface area (Å²) in [7, 11) is 0. The van der Waals surface area contributed by atoms with Gasteiger partial charge in [0.25, 0.3) is 0 Å². The van der Waals surface area contributed by atoms with E-state index < -0.39 is 0 Å². The Bertz CT molecular complexity index is 888. The predicted octanol–water partition coefficient (Wildman–Crippen LogP) is -1.02. The summed E-state index contributed by atoms with van der Waals surface area (Å²) in [4.78, 5) is 29.1. The number of hydrogen-bond donors (Lipinski definition) is 3. The van der Waals surface area contributed by atoms with Gasteiger partial charge in [0.05, 0.1) is 17.6 Å². The number of carbonyl (C=O) groups is 2. The molecule has 2 aliphatic carbocycles. The largest absolute Gasteiger partial charge is 0.369 e.